The molecule has 0 saturated heterocycles. The minimum Gasteiger partial charge on any atom is -0.237 e. The zero-order valence-corrected chi connectivity index (χ0v) is 11.7. The van der Waals surface area contributed by atoms with Crippen molar-refractivity contribution >= 4 is 22.8 Å². The third kappa shape index (κ3) is 2.06. The van der Waals surface area contributed by atoms with Crippen molar-refractivity contribution < 1.29 is 0 Å². The lowest BCUT2D eigenvalue weighted by atomic mass is 10.1. The van der Waals surface area contributed by atoms with E-state index in [2.05, 4.69) is 33.2 Å². The third-order valence-corrected chi connectivity index (χ3v) is 4.66. The average molecular weight is 279 g/mol. The van der Waals surface area contributed by atoms with Crippen LogP contribution in [0.3, 0.4) is 0 Å². The van der Waals surface area contributed by atoms with Crippen LogP contribution in [0.15, 0.2) is 52.8 Å². The first kappa shape index (κ1) is 11.9. The molecule has 0 N–H and O–H groups in total. The first-order valence-corrected chi connectivity index (χ1v) is 7.57. The number of pyridine rings is 1. The number of aromatic nitrogens is 3. The van der Waals surface area contributed by atoms with E-state index in [-0.39, 0.29) is 0 Å². The maximum Gasteiger partial charge on any atom is 0.163 e. The highest BCUT2D eigenvalue weighted by molar-refractivity contribution is 7.99. The molecule has 1 aliphatic carbocycles. The Hall–Kier alpha value is -1.94. The van der Waals surface area contributed by atoms with Crippen LogP contribution in [0.25, 0.3) is 11.0 Å². The molecule has 0 fully saturated rings. The van der Waals surface area contributed by atoms with Gasteiger partial charge in [-0.2, -0.15) is 0 Å². The van der Waals surface area contributed by atoms with Crippen molar-refractivity contribution in [2.75, 3.05) is 0 Å². The van der Waals surface area contributed by atoms with Crippen molar-refractivity contribution in [3.63, 3.8) is 0 Å². The SMILES string of the molecule is c1cnc2ncnc(Sc3ccc4c(c3)CCC4)c2c1. The number of rotatable bonds is 2. The fourth-order valence-electron chi connectivity index (χ4n) is 2.68. The molecular weight excluding hydrogens is 266 g/mol. The minimum absolute atomic E-state index is 0.756. The van der Waals surface area contributed by atoms with Gasteiger partial charge in [0.05, 0.1) is 5.39 Å². The van der Waals surface area contributed by atoms with Gasteiger partial charge in [0.25, 0.3) is 0 Å². The van der Waals surface area contributed by atoms with Gasteiger partial charge in [-0.05, 0) is 54.7 Å². The number of benzene rings is 1. The van der Waals surface area contributed by atoms with E-state index in [1.165, 1.54) is 35.3 Å². The predicted octanol–water partition coefficient (Wildman–Crippen LogP) is 3.66. The lowest BCUT2D eigenvalue weighted by Crippen LogP contribution is -1.89. The van der Waals surface area contributed by atoms with Crippen LogP contribution in [0, 0.1) is 0 Å². The van der Waals surface area contributed by atoms with Crippen LogP contribution in [-0.4, -0.2) is 15.0 Å². The predicted molar refractivity (Wildman–Crippen MR) is 79.9 cm³/mol. The molecule has 0 unspecified atom stereocenters. The fourth-order valence-corrected chi connectivity index (χ4v) is 3.61. The van der Waals surface area contributed by atoms with Crippen LogP contribution in [0.4, 0.5) is 0 Å². The summed E-state index contributed by atoms with van der Waals surface area (Å²) in [6.07, 6.45) is 7.06. The Morgan fingerprint density at radius 2 is 1.90 bits per heavy atom. The summed E-state index contributed by atoms with van der Waals surface area (Å²) >= 11 is 1.69. The summed E-state index contributed by atoms with van der Waals surface area (Å²) in [5, 5.41) is 1.99. The zero-order valence-electron chi connectivity index (χ0n) is 10.9. The average Bonchev–Trinajstić information content (AvgIpc) is 2.95. The smallest absolute Gasteiger partial charge is 0.163 e. The van der Waals surface area contributed by atoms with E-state index in [9.17, 15) is 0 Å². The molecule has 0 bridgehead atoms. The Labute approximate surface area is 121 Å². The molecule has 0 radical (unpaired) electrons. The second-order valence-corrected chi connectivity index (χ2v) is 6.00. The van der Waals surface area contributed by atoms with Crippen LogP contribution < -0.4 is 0 Å². The van der Waals surface area contributed by atoms with Gasteiger partial charge >= 0.3 is 0 Å². The summed E-state index contributed by atoms with van der Waals surface area (Å²) in [4.78, 5) is 14.1. The standard InChI is InChI=1S/C16H13N3S/c1-3-11-6-7-13(9-12(11)4-1)20-16-14-5-2-8-17-15(14)18-10-19-16/h2,5-10H,1,3-4H2. The van der Waals surface area contributed by atoms with Crippen LogP contribution >= 0.6 is 11.8 Å². The van der Waals surface area contributed by atoms with Crippen molar-refractivity contribution in [3.05, 3.63) is 54.0 Å². The van der Waals surface area contributed by atoms with Crippen LogP contribution in [-0.2, 0) is 12.8 Å². The van der Waals surface area contributed by atoms with E-state index in [1.54, 1.807) is 24.3 Å². The molecule has 1 aromatic carbocycles. The highest BCUT2D eigenvalue weighted by Gasteiger charge is 2.12. The highest BCUT2D eigenvalue weighted by Crippen LogP contribution is 2.33. The maximum atomic E-state index is 4.41. The van der Waals surface area contributed by atoms with E-state index in [0.717, 1.165) is 16.1 Å². The fraction of sp³-hybridized carbons (Fsp3) is 0.188. The number of hydrogen-bond acceptors (Lipinski definition) is 4. The summed E-state index contributed by atoms with van der Waals surface area (Å²) in [6, 6.07) is 10.7. The van der Waals surface area contributed by atoms with Gasteiger partial charge in [-0.3, -0.25) is 0 Å². The molecule has 20 heavy (non-hydrogen) atoms. The normalized spacial score (nSPS) is 13.6. The largest absolute Gasteiger partial charge is 0.237 e. The molecule has 0 atom stereocenters. The molecule has 1 aliphatic rings. The lowest BCUT2D eigenvalue weighted by Gasteiger charge is -2.06. The number of nitrogens with zero attached hydrogens (tertiary/aromatic N) is 3. The van der Waals surface area contributed by atoms with Gasteiger partial charge in [0.1, 0.15) is 11.4 Å². The third-order valence-electron chi connectivity index (χ3n) is 3.66. The molecule has 0 spiro atoms. The maximum absolute atomic E-state index is 4.41. The van der Waals surface area contributed by atoms with E-state index in [1.807, 2.05) is 12.1 Å². The van der Waals surface area contributed by atoms with Crippen LogP contribution in [0.2, 0.25) is 0 Å². The molecule has 4 rings (SSSR count). The van der Waals surface area contributed by atoms with E-state index in [0.29, 0.717) is 0 Å². The van der Waals surface area contributed by atoms with Gasteiger partial charge < -0.3 is 0 Å². The second kappa shape index (κ2) is 4.87. The van der Waals surface area contributed by atoms with Crippen molar-refractivity contribution in [2.24, 2.45) is 0 Å². The molecule has 98 valence electrons. The highest BCUT2D eigenvalue weighted by atomic mass is 32.2. The number of fused-ring (bicyclic) bond motifs is 2. The summed E-state index contributed by atoms with van der Waals surface area (Å²) < 4.78 is 0. The molecule has 4 heteroatoms. The topological polar surface area (TPSA) is 38.7 Å². The second-order valence-electron chi connectivity index (χ2n) is 4.94. The molecule has 3 aromatic rings. The van der Waals surface area contributed by atoms with Crippen molar-refractivity contribution in [1.29, 1.82) is 0 Å². The van der Waals surface area contributed by atoms with Crippen molar-refractivity contribution in [2.45, 2.75) is 29.2 Å². The monoisotopic (exact) mass is 279 g/mol. The van der Waals surface area contributed by atoms with Crippen LogP contribution in [0.1, 0.15) is 17.5 Å². The molecule has 0 saturated carbocycles. The lowest BCUT2D eigenvalue weighted by molar-refractivity contribution is 0.911. The summed E-state index contributed by atoms with van der Waals surface area (Å²) in [5.41, 5.74) is 3.75. The Kier molecular flexibility index (Phi) is 2.89. The quantitative estimate of drug-likeness (QED) is 0.671. The van der Waals surface area contributed by atoms with E-state index < -0.39 is 0 Å². The number of aryl methyl sites for hydroxylation is 2. The minimum atomic E-state index is 0.756. The molecular formula is C16H13N3S. The Balaban J connectivity index is 1.74. The first-order chi connectivity index (χ1) is 9.90. The molecule has 3 nitrogen and oxygen atoms in total. The van der Waals surface area contributed by atoms with Crippen molar-refractivity contribution in [3.8, 4) is 0 Å². The molecule has 2 heterocycles. The van der Waals surface area contributed by atoms with Gasteiger partial charge in [-0.1, -0.05) is 17.8 Å². The summed E-state index contributed by atoms with van der Waals surface area (Å²) in [7, 11) is 0. The summed E-state index contributed by atoms with van der Waals surface area (Å²) in [6.45, 7) is 0. The molecule has 2 aromatic heterocycles. The van der Waals surface area contributed by atoms with Gasteiger partial charge in [0.15, 0.2) is 5.65 Å². The van der Waals surface area contributed by atoms with Gasteiger partial charge in [0.2, 0.25) is 0 Å². The number of hydrogen-bond donors (Lipinski definition) is 0. The molecule has 0 aliphatic heterocycles. The van der Waals surface area contributed by atoms with E-state index >= 15 is 0 Å². The van der Waals surface area contributed by atoms with Gasteiger partial charge in [-0.25, -0.2) is 15.0 Å². The van der Waals surface area contributed by atoms with Crippen molar-refractivity contribution in [1.82, 2.24) is 15.0 Å². The summed E-state index contributed by atoms with van der Waals surface area (Å²) in [5.74, 6) is 0. The van der Waals surface area contributed by atoms with E-state index in [4.69, 9.17) is 0 Å². The van der Waals surface area contributed by atoms with Gasteiger partial charge in [0, 0.05) is 11.1 Å². The Morgan fingerprint density at radius 3 is 2.90 bits per heavy atom. The molecule has 0 amide bonds. The van der Waals surface area contributed by atoms with Gasteiger partial charge in [-0.15, -0.1) is 0 Å². The zero-order chi connectivity index (χ0) is 13.4. The Bertz CT molecular complexity index is 780. The van der Waals surface area contributed by atoms with Crippen LogP contribution in [0.5, 0.6) is 0 Å². The Morgan fingerprint density at radius 1 is 0.950 bits per heavy atom. The first-order valence-electron chi connectivity index (χ1n) is 6.75.